The van der Waals surface area contributed by atoms with Gasteiger partial charge in [-0.15, -0.1) is 0 Å². The molecule has 3 fully saturated rings. The number of carbonyl (C=O) groups is 2. The molecule has 4 rings (SSSR count). The van der Waals surface area contributed by atoms with Crippen molar-refractivity contribution in [3.63, 3.8) is 0 Å². The van der Waals surface area contributed by atoms with Crippen LogP contribution in [0.2, 0.25) is 0 Å². The van der Waals surface area contributed by atoms with E-state index in [9.17, 15) is 9.59 Å². The van der Waals surface area contributed by atoms with Gasteiger partial charge in [0.1, 0.15) is 11.7 Å². The number of Topliss-reactive ketones (excluding diaryl/α,β-unsaturated/α-hetero) is 2. The predicted molar refractivity (Wildman–Crippen MR) is 78.3 cm³/mol. The molecule has 21 heavy (non-hydrogen) atoms. The maximum Gasteiger partial charge on any atom is 0.154 e. The lowest BCUT2D eigenvalue weighted by molar-refractivity contribution is -0.127. The molecule has 0 radical (unpaired) electrons. The first-order valence-corrected chi connectivity index (χ1v) is 7.97. The van der Waals surface area contributed by atoms with Crippen molar-refractivity contribution in [2.45, 2.75) is 31.0 Å². The van der Waals surface area contributed by atoms with Crippen LogP contribution in [-0.2, 0) is 14.3 Å². The summed E-state index contributed by atoms with van der Waals surface area (Å²) in [4.78, 5) is 25.5. The molecule has 5 atom stereocenters. The van der Waals surface area contributed by atoms with Gasteiger partial charge in [-0.05, 0) is 25.0 Å². The van der Waals surface area contributed by atoms with E-state index in [2.05, 4.69) is 15.9 Å². The van der Waals surface area contributed by atoms with Gasteiger partial charge in [0.05, 0.1) is 31.2 Å². The molecule has 2 heterocycles. The molecule has 2 bridgehead atoms. The summed E-state index contributed by atoms with van der Waals surface area (Å²) >= 11 is 3.38. The zero-order valence-electron chi connectivity index (χ0n) is 11.5. The predicted octanol–water partition coefficient (Wildman–Crippen LogP) is 2.49. The Morgan fingerprint density at radius 2 is 1.76 bits per heavy atom. The quantitative estimate of drug-likeness (QED) is 0.769. The second kappa shape index (κ2) is 4.65. The summed E-state index contributed by atoms with van der Waals surface area (Å²) < 4.78 is 12.0. The second-order valence-electron chi connectivity index (χ2n) is 5.97. The topological polar surface area (TPSA) is 52.6 Å². The van der Waals surface area contributed by atoms with Crippen LogP contribution in [0.3, 0.4) is 0 Å². The van der Waals surface area contributed by atoms with Gasteiger partial charge in [0.2, 0.25) is 0 Å². The van der Waals surface area contributed by atoms with Crippen molar-refractivity contribution in [2.75, 3.05) is 7.11 Å². The standard InChI is InChI=1S/C16H15BrO4/c1-20-11-6-7(17)2-3-8(11)12-15(18)13-9-4-5-10(21-9)14(13)16(12)19/h2-3,6,9-10,12-14H,4-5H2,1H3/t9?,10?,12?,13-,14?/m1/s1. The highest BCUT2D eigenvalue weighted by molar-refractivity contribution is 9.10. The van der Waals surface area contributed by atoms with Gasteiger partial charge >= 0.3 is 0 Å². The largest absolute Gasteiger partial charge is 0.496 e. The fraction of sp³-hybridized carbons (Fsp3) is 0.500. The molecule has 1 saturated carbocycles. The van der Waals surface area contributed by atoms with Gasteiger partial charge in [0, 0.05) is 10.0 Å². The molecule has 1 aromatic carbocycles. The second-order valence-corrected chi connectivity index (χ2v) is 6.88. The molecule has 0 spiro atoms. The summed E-state index contributed by atoms with van der Waals surface area (Å²) in [6.07, 6.45) is 1.69. The molecule has 0 N–H and O–H groups in total. The minimum atomic E-state index is -0.685. The molecule has 0 aromatic heterocycles. The van der Waals surface area contributed by atoms with Crippen molar-refractivity contribution in [1.82, 2.24) is 0 Å². The molecular formula is C16H15BrO4. The Bertz CT molecular complexity index is 613. The van der Waals surface area contributed by atoms with Gasteiger partial charge in [-0.2, -0.15) is 0 Å². The molecule has 1 aromatic rings. The number of methoxy groups -OCH3 is 1. The Hall–Kier alpha value is -1.20. The summed E-state index contributed by atoms with van der Waals surface area (Å²) in [5.41, 5.74) is 0.685. The van der Waals surface area contributed by atoms with Gasteiger partial charge in [0.25, 0.3) is 0 Å². The van der Waals surface area contributed by atoms with Crippen LogP contribution in [0.25, 0.3) is 0 Å². The van der Waals surface area contributed by atoms with E-state index in [1.165, 1.54) is 0 Å². The molecule has 4 nitrogen and oxygen atoms in total. The average molecular weight is 351 g/mol. The van der Waals surface area contributed by atoms with Crippen LogP contribution in [0.4, 0.5) is 0 Å². The van der Waals surface area contributed by atoms with E-state index >= 15 is 0 Å². The SMILES string of the molecule is COc1cc(Br)ccc1C1C(=O)C2C3CCC(O3)[C@H]2C1=O. The Morgan fingerprint density at radius 3 is 2.33 bits per heavy atom. The molecular weight excluding hydrogens is 336 g/mol. The minimum absolute atomic E-state index is 0.0119. The number of hydrogen-bond donors (Lipinski definition) is 0. The summed E-state index contributed by atoms with van der Waals surface area (Å²) in [5, 5.41) is 0. The smallest absolute Gasteiger partial charge is 0.154 e. The fourth-order valence-electron chi connectivity index (χ4n) is 4.16. The summed E-state index contributed by atoms with van der Waals surface area (Å²) in [5.74, 6) is -0.556. The maximum atomic E-state index is 12.8. The lowest BCUT2D eigenvalue weighted by Crippen LogP contribution is -2.29. The number of hydrogen-bond acceptors (Lipinski definition) is 4. The average Bonchev–Trinajstić information content (AvgIpc) is 3.14. The third-order valence-electron chi connectivity index (χ3n) is 5.01. The number of ether oxygens (including phenoxy) is 2. The minimum Gasteiger partial charge on any atom is -0.496 e. The lowest BCUT2D eigenvalue weighted by atomic mass is 9.81. The van der Waals surface area contributed by atoms with Crippen LogP contribution in [0, 0.1) is 11.8 Å². The number of rotatable bonds is 2. The van der Waals surface area contributed by atoms with Crippen molar-refractivity contribution in [1.29, 1.82) is 0 Å². The van der Waals surface area contributed by atoms with Crippen LogP contribution in [0.1, 0.15) is 24.3 Å². The van der Waals surface area contributed by atoms with Crippen LogP contribution in [0.5, 0.6) is 5.75 Å². The van der Waals surface area contributed by atoms with Gasteiger partial charge in [0.15, 0.2) is 11.6 Å². The van der Waals surface area contributed by atoms with E-state index in [4.69, 9.17) is 9.47 Å². The van der Waals surface area contributed by atoms with Gasteiger partial charge in [-0.25, -0.2) is 0 Å². The van der Waals surface area contributed by atoms with Crippen LogP contribution < -0.4 is 4.74 Å². The Kier molecular flexibility index (Phi) is 2.98. The number of fused-ring (bicyclic) bond motifs is 5. The van der Waals surface area contributed by atoms with Gasteiger partial charge < -0.3 is 9.47 Å². The zero-order valence-corrected chi connectivity index (χ0v) is 13.1. The van der Waals surface area contributed by atoms with Gasteiger partial charge in [-0.3, -0.25) is 9.59 Å². The van der Waals surface area contributed by atoms with Crippen molar-refractivity contribution in [3.8, 4) is 5.75 Å². The van der Waals surface area contributed by atoms with E-state index in [0.717, 1.165) is 17.3 Å². The van der Waals surface area contributed by atoms with Gasteiger partial charge in [-0.1, -0.05) is 22.0 Å². The first-order valence-electron chi connectivity index (χ1n) is 7.18. The third kappa shape index (κ3) is 1.77. The summed E-state index contributed by atoms with van der Waals surface area (Å²) in [6.45, 7) is 0. The first-order chi connectivity index (χ1) is 10.1. The van der Waals surface area contributed by atoms with Crippen molar-refractivity contribution in [2.24, 2.45) is 11.8 Å². The summed E-state index contributed by atoms with van der Waals surface area (Å²) in [6, 6.07) is 5.46. The molecule has 4 unspecified atom stereocenters. The van der Waals surface area contributed by atoms with E-state index in [1.807, 2.05) is 12.1 Å². The van der Waals surface area contributed by atoms with Crippen molar-refractivity contribution in [3.05, 3.63) is 28.2 Å². The number of halogens is 1. The molecule has 110 valence electrons. The van der Waals surface area contributed by atoms with Crippen LogP contribution >= 0.6 is 15.9 Å². The highest BCUT2D eigenvalue weighted by atomic mass is 79.9. The van der Waals surface area contributed by atoms with Crippen molar-refractivity contribution < 1.29 is 19.1 Å². The van der Waals surface area contributed by atoms with E-state index < -0.39 is 5.92 Å². The summed E-state index contributed by atoms with van der Waals surface area (Å²) in [7, 11) is 1.56. The number of benzene rings is 1. The highest BCUT2D eigenvalue weighted by Crippen LogP contribution is 2.53. The zero-order chi connectivity index (χ0) is 14.7. The molecule has 2 saturated heterocycles. The molecule has 1 aliphatic carbocycles. The number of carbonyl (C=O) groups excluding carboxylic acids is 2. The number of ketones is 2. The molecule has 3 aliphatic rings. The van der Waals surface area contributed by atoms with E-state index in [-0.39, 0.29) is 35.6 Å². The molecule has 2 aliphatic heterocycles. The normalized spacial score (nSPS) is 37.1. The van der Waals surface area contributed by atoms with Crippen molar-refractivity contribution >= 4 is 27.5 Å². The third-order valence-corrected chi connectivity index (χ3v) is 5.50. The maximum absolute atomic E-state index is 12.8. The fourth-order valence-corrected chi connectivity index (χ4v) is 4.50. The van der Waals surface area contributed by atoms with E-state index in [0.29, 0.717) is 11.3 Å². The highest BCUT2D eigenvalue weighted by Gasteiger charge is 2.63. The molecule has 0 amide bonds. The first kappa shape index (κ1) is 13.5. The Balaban J connectivity index is 1.77. The van der Waals surface area contributed by atoms with Crippen LogP contribution in [0.15, 0.2) is 22.7 Å². The lowest BCUT2D eigenvalue weighted by Gasteiger charge is -2.16. The van der Waals surface area contributed by atoms with Crippen LogP contribution in [-0.4, -0.2) is 30.9 Å². The Labute approximate surface area is 130 Å². The molecule has 5 heteroatoms. The monoisotopic (exact) mass is 350 g/mol. The Morgan fingerprint density at radius 1 is 1.14 bits per heavy atom. The van der Waals surface area contributed by atoms with E-state index in [1.54, 1.807) is 13.2 Å².